The maximum Gasteiger partial charge on any atom is 0.110 e. The maximum atomic E-state index is 4.73. The molecule has 22 heavy (non-hydrogen) atoms. The average Bonchev–Trinajstić information content (AvgIpc) is 2.91. The molecule has 1 aliphatic heterocycles. The van der Waals surface area contributed by atoms with Crippen LogP contribution in [0.3, 0.4) is 0 Å². The quantitative estimate of drug-likeness (QED) is 0.782. The minimum atomic E-state index is 0.899. The lowest BCUT2D eigenvalue weighted by Gasteiger charge is -2.16. The largest absolute Gasteiger partial charge is 0.311 e. The van der Waals surface area contributed by atoms with Gasteiger partial charge in [0.15, 0.2) is 0 Å². The fourth-order valence-corrected chi connectivity index (χ4v) is 3.21. The first-order chi connectivity index (χ1) is 10.8. The number of rotatable bonds is 2. The molecule has 0 amide bonds. The number of imidazole rings is 1. The molecule has 3 nitrogen and oxygen atoms in total. The summed E-state index contributed by atoms with van der Waals surface area (Å²) in [4.78, 5) is 4.73. The summed E-state index contributed by atoms with van der Waals surface area (Å²) in [5.74, 6) is 1.07. The van der Waals surface area contributed by atoms with Crippen LogP contribution in [0.4, 0.5) is 0 Å². The number of aryl methyl sites for hydroxylation is 1. The van der Waals surface area contributed by atoms with Gasteiger partial charge in [-0.05, 0) is 30.2 Å². The van der Waals surface area contributed by atoms with Crippen LogP contribution in [0.2, 0.25) is 0 Å². The lowest BCUT2D eigenvalue weighted by molar-refractivity contribution is 0.617. The van der Waals surface area contributed by atoms with Crippen molar-refractivity contribution in [1.82, 2.24) is 14.9 Å². The van der Waals surface area contributed by atoms with Gasteiger partial charge >= 0.3 is 0 Å². The Bertz CT molecular complexity index is 786. The third-order valence-corrected chi connectivity index (χ3v) is 4.29. The second kappa shape index (κ2) is 5.43. The standard InChI is InChI=1S/C19H19N3/c1-14-21-18-11-12-20-13-19(18)22(14)17-9-7-16(8-10-17)15-5-3-2-4-6-15/h2-10,20H,11-13H2,1H3. The summed E-state index contributed by atoms with van der Waals surface area (Å²) in [6.07, 6.45) is 1.02. The van der Waals surface area contributed by atoms with Gasteiger partial charge < -0.3 is 5.32 Å². The van der Waals surface area contributed by atoms with Gasteiger partial charge in [0.1, 0.15) is 5.82 Å². The average molecular weight is 289 g/mol. The van der Waals surface area contributed by atoms with Gasteiger partial charge in [-0.25, -0.2) is 4.98 Å². The Morgan fingerprint density at radius 1 is 0.955 bits per heavy atom. The maximum absolute atomic E-state index is 4.73. The Balaban J connectivity index is 1.74. The molecule has 1 N–H and O–H groups in total. The van der Waals surface area contributed by atoms with Crippen LogP contribution in [0.1, 0.15) is 17.2 Å². The first-order valence-corrected chi connectivity index (χ1v) is 7.76. The predicted molar refractivity (Wildman–Crippen MR) is 89.1 cm³/mol. The highest BCUT2D eigenvalue weighted by Crippen LogP contribution is 2.24. The van der Waals surface area contributed by atoms with E-state index in [0.29, 0.717) is 0 Å². The summed E-state index contributed by atoms with van der Waals surface area (Å²) < 4.78 is 2.27. The SMILES string of the molecule is Cc1nc2c(n1-c1ccc(-c3ccccc3)cc1)CNCC2. The zero-order valence-corrected chi connectivity index (χ0v) is 12.7. The van der Waals surface area contributed by atoms with Gasteiger partial charge in [-0.15, -0.1) is 0 Å². The van der Waals surface area contributed by atoms with Gasteiger partial charge in [0, 0.05) is 25.2 Å². The number of nitrogens with zero attached hydrogens (tertiary/aromatic N) is 2. The summed E-state index contributed by atoms with van der Waals surface area (Å²) in [6, 6.07) is 19.2. The van der Waals surface area contributed by atoms with Gasteiger partial charge in [0.2, 0.25) is 0 Å². The van der Waals surface area contributed by atoms with Crippen molar-refractivity contribution in [1.29, 1.82) is 0 Å². The molecule has 4 rings (SSSR count). The van der Waals surface area contributed by atoms with Gasteiger partial charge in [-0.2, -0.15) is 0 Å². The molecule has 0 atom stereocenters. The van der Waals surface area contributed by atoms with Crippen LogP contribution < -0.4 is 5.32 Å². The molecule has 2 aromatic carbocycles. The number of benzene rings is 2. The van der Waals surface area contributed by atoms with Gasteiger partial charge in [-0.3, -0.25) is 4.57 Å². The van der Waals surface area contributed by atoms with E-state index >= 15 is 0 Å². The number of hydrogen-bond donors (Lipinski definition) is 1. The molecule has 1 aromatic heterocycles. The molecule has 0 bridgehead atoms. The molecule has 0 unspecified atom stereocenters. The number of aromatic nitrogens is 2. The van der Waals surface area contributed by atoms with E-state index < -0.39 is 0 Å². The minimum absolute atomic E-state index is 0.899. The molecule has 0 saturated heterocycles. The first kappa shape index (κ1) is 13.3. The highest BCUT2D eigenvalue weighted by atomic mass is 15.1. The van der Waals surface area contributed by atoms with Gasteiger partial charge in [-0.1, -0.05) is 42.5 Å². The molecule has 0 saturated carbocycles. The van der Waals surface area contributed by atoms with Crippen molar-refractivity contribution in [3.8, 4) is 16.8 Å². The predicted octanol–water partition coefficient (Wildman–Crippen LogP) is 3.49. The molecule has 110 valence electrons. The molecule has 3 heteroatoms. The summed E-state index contributed by atoms with van der Waals surface area (Å²) in [7, 11) is 0. The molecule has 2 heterocycles. The van der Waals surface area contributed by atoms with Crippen LogP contribution in [-0.4, -0.2) is 16.1 Å². The molecule has 3 aromatic rings. The lowest BCUT2D eigenvalue weighted by Crippen LogP contribution is -2.25. The molecule has 0 aliphatic carbocycles. The van der Waals surface area contributed by atoms with Gasteiger partial charge in [0.05, 0.1) is 11.4 Å². The Kier molecular flexibility index (Phi) is 3.28. The normalized spacial score (nSPS) is 13.9. The van der Waals surface area contributed by atoms with Crippen molar-refractivity contribution in [2.24, 2.45) is 0 Å². The molecule has 1 aliphatic rings. The second-order valence-electron chi connectivity index (χ2n) is 5.73. The van der Waals surface area contributed by atoms with E-state index in [1.54, 1.807) is 0 Å². The van der Waals surface area contributed by atoms with Crippen molar-refractivity contribution >= 4 is 0 Å². The fourth-order valence-electron chi connectivity index (χ4n) is 3.21. The van der Waals surface area contributed by atoms with E-state index in [1.165, 1.54) is 28.2 Å². The molecular formula is C19H19N3. The minimum Gasteiger partial charge on any atom is -0.311 e. The van der Waals surface area contributed by atoms with Crippen molar-refractivity contribution in [3.63, 3.8) is 0 Å². The topological polar surface area (TPSA) is 29.9 Å². The monoisotopic (exact) mass is 289 g/mol. The summed E-state index contributed by atoms with van der Waals surface area (Å²) in [5.41, 5.74) is 6.23. The van der Waals surface area contributed by atoms with Crippen molar-refractivity contribution in [2.45, 2.75) is 19.9 Å². The van der Waals surface area contributed by atoms with Crippen molar-refractivity contribution < 1.29 is 0 Å². The van der Waals surface area contributed by atoms with Gasteiger partial charge in [0.25, 0.3) is 0 Å². The molecule has 0 spiro atoms. The van der Waals surface area contributed by atoms with E-state index in [1.807, 2.05) is 6.07 Å². The van der Waals surface area contributed by atoms with E-state index in [-0.39, 0.29) is 0 Å². The fraction of sp³-hybridized carbons (Fsp3) is 0.211. The second-order valence-corrected chi connectivity index (χ2v) is 5.73. The van der Waals surface area contributed by atoms with Crippen molar-refractivity contribution in [3.05, 3.63) is 71.8 Å². The summed E-state index contributed by atoms with van der Waals surface area (Å²) in [5, 5.41) is 3.44. The van der Waals surface area contributed by atoms with Crippen LogP contribution in [0.5, 0.6) is 0 Å². The number of nitrogens with one attached hydrogen (secondary N) is 1. The molecule has 0 fully saturated rings. The summed E-state index contributed by atoms with van der Waals surface area (Å²) in [6.45, 7) is 4.01. The Hall–Kier alpha value is -2.39. The van der Waals surface area contributed by atoms with Crippen LogP contribution >= 0.6 is 0 Å². The smallest absolute Gasteiger partial charge is 0.110 e. The Morgan fingerprint density at radius 2 is 1.68 bits per heavy atom. The molecular weight excluding hydrogens is 270 g/mol. The Labute approximate surface area is 130 Å². The van der Waals surface area contributed by atoms with Crippen LogP contribution in [-0.2, 0) is 13.0 Å². The van der Waals surface area contributed by atoms with E-state index in [2.05, 4.69) is 65.3 Å². The lowest BCUT2D eigenvalue weighted by atomic mass is 10.1. The van der Waals surface area contributed by atoms with E-state index in [0.717, 1.165) is 25.3 Å². The number of hydrogen-bond acceptors (Lipinski definition) is 2. The number of fused-ring (bicyclic) bond motifs is 1. The third kappa shape index (κ3) is 2.24. The summed E-state index contributed by atoms with van der Waals surface area (Å²) >= 11 is 0. The Morgan fingerprint density at radius 3 is 2.45 bits per heavy atom. The zero-order chi connectivity index (χ0) is 14.9. The van der Waals surface area contributed by atoms with Crippen molar-refractivity contribution in [2.75, 3.05) is 6.54 Å². The van der Waals surface area contributed by atoms with E-state index in [9.17, 15) is 0 Å². The van der Waals surface area contributed by atoms with Crippen LogP contribution in [0.25, 0.3) is 16.8 Å². The highest BCUT2D eigenvalue weighted by molar-refractivity contribution is 5.64. The van der Waals surface area contributed by atoms with Crippen LogP contribution in [0, 0.1) is 6.92 Å². The highest BCUT2D eigenvalue weighted by Gasteiger charge is 2.18. The zero-order valence-electron chi connectivity index (χ0n) is 12.7. The van der Waals surface area contributed by atoms with E-state index in [4.69, 9.17) is 4.98 Å². The third-order valence-electron chi connectivity index (χ3n) is 4.29. The van der Waals surface area contributed by atoms with Crippen LogP contribution in [0.15, 0.2) is 54.6 Å². The molecule has 0 radical (unpaired) electrons. The first-order valence-electron chi connectivity index (χ1n) is 7.76.